The maximum Gasteiger partial charge on any atom is 0.258 e. The minimum absolute atomic E-state index is 0.103. The standard InChI is InChI=1S/C51H53N3O4/c1-4-36-10-7-8-35(3)44(36)20-21-47(55)38-14-12-37(13-15-38)40-23-27-54(46-11-6-5-9-41(46)31-40)50(57)39-16-18-43(19-17-39)53-49(56)45-30-34(2)33-52-48(45)42-22-24-51(32-42)25-28-58-29-26-51/h5-19,30-31,33,42H,4,20-29,32H2,1-3H3,(H,53,56). The Morgan fingerprint density at radius 1 is 0.879 bits per heavy atom. The average molecular weight is 772 g/mol. The third-order valence-electron chi connectivity index (χ3n) is 12.8. The first-order valence-corrected chi connectivity index (χ1v) is 21.0. The largest absolute Gasteiger partial charge is 0.381 e. The number of nitrogens with zero attached hydrogens (tertiary/aromatic N) is 2. The smallest absolute Gasteiger partial charge is 0.258 e. The van der Waals surface area contributed by atoms with Crippen molar-refractivity contribution in [3.8, 4) is 0 Å². The van der Waals surface area contributed by atoms with Gasteiger partial charge < -0.3 is 15.0 Å². The van der Waals surface area contributed by atoms with E-state index < -0.39 is 0 Å². The van der Waals surface area contributed by atoms with E-state index in [-0.39, 0.29) is 23.5 Å². The van der Waals surface area contributed by atoms with Crippen molar-refractivity contribution >= 4 is 40.6 Å². The van der Waals surface area contributed by atoms with Crippen molar-refractivity contribution in [3.63, 3.8) is 0 Å². The zero-order chi connectivity index (χ0) is 40.2. The molecule has 4 aromatic carbocycles. The minimum Gasteiger partial charge on any atom is -0.381 e. The van der Waals surface area contributed by atoms with E-state index in [2.05, 4.69) is 43.4 Å². The monoisotopic (exact) mass is 771 g/mol. The molecule has 1 aliphatic carbocycles. The summed E-state index contributed by atoms with van der Waals surface area (Å²) in [5, 5.41) is 3.09. The van der Waals surface area contributed by atoms with E-state index in [4.69, 9.17) is 9.72 Å². The van der Waals surface area contributed by atoms with Gasteiger partial charge in [0.25, 0.3) is 11.8 Å². The van der Waals surface area contributed by atoms with Crippen molar-refractivity contribution in [1.29, 1.82) is 0 Å². The summed E-state index contributed by atoms with van der Waals surface area (Å²) in [5.74, 6) is 0.116. The van der Waals surface area contributed by atoms with Crippen LogP contribution >= 0.6 is 0 Å². The Morgan fingerprint density at radius 2 is 1.64 bits per heavy atom. The van der Waals surface area contributed by atoms with E-state index in [0.717, 1.165) is 97.4 Å². The van der Waals surface area contributed by atoms with Crippen LogP contribution in [0.1, 0.15) is 128 Å². The fourth-order valence-electron chi connectivity index (χ4n) is 9.45. The number of rotatable bonds is 10. The lowest BCUT2D eigenvalue weighted by molar-refractivity contribution is 0.0174. The summed E-state index contributed by atoms with van der Waals surface area (Å²) in [6.07, 6.45) is 12.2. The zero-order valence-corrected chi connectivity index (χ0v) is 34.0. The van der Waals surface area contributed by atoms with E-state index in [9.17, 15) is 14.4 Å². The highest BCUT2D eigenvalue weighted by Gasteiger charge is 2.42. The molecule has 1 saturated carbocycles. The van der Waals surface area contributed by atoms with Crippen LogP contribution in [-0.2, 0) is 17.6 Å². The molecule has 1 atom stereocenters. The minimum atomic E-state index is -0.177. The summed E-state index contributed by atoms with van der Waals surface area (Å²) in [4.78, 5) is 47.9. The number of para-hydroxylation sites is 1. The van der Waals surface area contributed by atoms with Crippen molar-refractivity contribution in [3.05, 3.63) is 159 Å². The van der Waals surface area contributed by atoms with Gasteiger partial charge in [0, 0.05) is 55.1 Å². The number of anilines is 2. The predicted molar refractivity (Wildman–Crippen MR) is 233 cm³/mol. The van der Waals surface area contributed by atoms with Crippen molar-refractivity contribution in [1.82, 2.24) is 4.98 Å². The molecule has 8 rings (SSSR count). The number of carbonyl (C=O) groups is 3. The normalized spacial score (nSPS) is 17.3. The highest BCUT2D eigenvalue weighted by atomic mass is 16.5. The molecule has 1 N–H and O–H groups in total. The van der Waals surface area contributed by atoms with Gasteiger partial charge in [0.1, 0.15) is 0 Å². The van der Waals surface area contributed by atoms with Crippen molar-refractivity contribution < 1.29 is 19.1 Å². The molecule has 7 nitrogen and oxygen atoms in total. The Kier molecular flexibility index (Phi) is 11.5. The lowest BCUT2D eigenvalue weighted by atomic mass is 9.77. The summed E-state index contributed by atoms with van der Waals surface area (Å²) >= 11 is 0. The molecule has 1 spiro atoms. The van der Waals surface area contributed by atoms with Gasteiger partial charge in [-0.1, -0.05) is 67.6 Å². The lowest BCUT2D eigenvalue weighted by Crippen LogP contribution is -2.32. The molecule has 296 valence electrons. The molecule has 3 heterocycles. The van der Waals surface area contributed by atoms with E-state index in [0.29, 0.717) is 41.6 Å². The molecule has 3 aliphatic rings. The molecule has 7 heteroatoms. The molecule has 1 saturated heterocycles. The second-order valence-electron chi connectivity index (χ2n) is 16.5. The van der Waals surface area contributed by atoms with Gasteiger partial charge in [-0.05, 0) is 152 Å². The van der Waals surface area contributed by atoms with Crippen LogP contribution in [0.2, 0.25) is 0 Å². The number of ketones is 1. The van der Waals surface area contributed by atoms with Gasteiger partial charge in [0.05, 0.1) is 16.9 Å². The number of nitrogens with one attached hydrogen (secondary N) is 1. The third kappa shape index (κ3) is 8.32. The third-order valence-corrected chi connectivity index (χ3v) is 12.8. The van der Waals surface area contributed by atoms with Crippen LogP contribution in [0.5, 0.6) is 0 Å². The Morgan fingerprint density at radius 3 is 2.41 bits per heavy atom. The van der Waals surface area contributed by atoms with Crippen molar-refractivity contribution in [2.45, 2.75) is 84.5 Å². The molecular formula is C51H53N3O4. The van der Waals surface area contributed by atoms with Gasteiger partial charge in [-0.25, -0.2) is 0 Å². The maximum absolute atomic E-state index is 14.2. The molecular weight excluding hydrogens is 719 g/mol. The van der Waals surface area contributed by atoms with Crippen molar-refractivity contribution in [2.24, 2.45) is 5.41 Å². The lowest BCUT2D eigenvalue weighted by Gasteiger charge is -2.33. The number of benzene rings is 4. The van der Waals surface area contributed by atoms with Gasteiger partial charge in [-0.3, -0.25) is 19.4 Å². The summed E-state index contributed by atoms with van der Waals surface area (Å²) in [6, 6.07) is 31.4. The highest BCUT2D eigenvalue weighted by Crippen LogP contribution is 2.52. The summed E-state index contributed by atoms with van der Waals surface area (Å²) in [6.45, 7) is 8.38. The SMILES string of the molecule is CCc1cccc(C)c1CCC(=O)c1ccc(C2=Cc3ccccc3N(C(=O)c3ccc(NC(=O)c4cc(C)cnc4C4CCC5(CCOCC5)C4)cc3)CC2)cc1. The fourth-order valence-corrected chi connectivity index (χ4v) is 9.45. The number of hydrogen-bond donors (Lipinski definition) is 1. The zero-order valence-electron chi connectivity index (χ0n) is 34.0. The van der Waals surface area contributed by atoms with E-state index in [1.807, 2.05) is 72.6 Å². The number of aromatic nitrogens is 1. The Labute approximate surface area is 342 Å². The number of amides is 2. The van der Waals surface area contributed by atoms with E-state index in [1.165, 1.54) is 16.7 Å². The first-order chi connectivity index (χ1) is 28.2. The topological polar surface area (TPSA) is 88.6 Å². The predicted octanol–water partition coefficient (Wildman–Crippen LogP) is 11.0. The van der Waals surface area contributed by atoms with Gasteiger partial charge in [-0.15, -0.1) is 0 Å². The van der Waals surface area contributed by atoms with Crippen LogP contribution in [0.25, 0.3) is 11.6 Å². The molecule has 0 bridgehead atoms. The van der Waals surface area contributed by atoms with Gasteiger partial charge in [0.15, 0.2) is 5.78 Å². The number of ether oxygens (including phenoxy) is 1. The van der Waals surface area contributed by atoms with Crippen LogP contribution in [-0.4, -0.2) is 42.3 Å². The number of Topliss-reactive ketones (excluding diaryl/α,β-unsaturated/α-hetero) is 1. The van der Waals surface area contributed by atoms with Crippen LogP contribution in [0, 0.1) is 19.3 Å². The first-order valence-electron chi connectivity index (χ1n) is 21.0. The second kappa shape index (κ2) is 17.1. The van der Waals surface area contributed by atoms with Crippen LogP contribution in [0.4, 0.5) is 11.4 Å². The number of hydrogen-bond acceptors (Lipinski definition) is 5. The number of carbonyl (C=O) groups excluding carboxylic acids is 3. The van der Waals surface area contributed by atoms with Gasteiger partial charge in [0.2, 0.25) is 0 Å². The molecule has 5 aromatic rings. The van der Waals surface area contributed by atoms with Crippen molar-refractivity contribution in [2.75, 3.05) is 30.0 Å². The van der Waals surface area contributed by atoms with E-state index in [1.54, 1.807) is 24.3 Å². The Balaban J connectivity index is 0.928. The molecule has 1 aromatic heterocycles. The summed E-state index contributed by atoms with van der Waals surface area (Å²) < 4.78 is 5.66. The molecule has 2 amide bonds. The molecule has 2 fully saturated rings. The Hall–Kier alpha value is -5.66. The number of pyridine rings is 1. The van der Waals surface area contributed by atoms with Gasteiger partial charge >= 0.3 is 0 Å². The summed E-state index contributed by atoms with van der Waals surface area (Å²) in [5.41, 5.74) is 12.4. The highest BCUT2D eigenvalue weighted by molar-refractivity contribution is 6.09. The number of fused-ring (bicyclic) bond motifs is 1. The molecule has 0 radical (unpaired) electrons. The first kappa shape index (κ1) is 39.2. The maximum atomic E-state index is 14.2. The van der Waals surface area contributed by atoms with Gasteiger partial charge in [-0.2, -0.15) is 0 Å². The average Bonchev–Trinajstić information content (AvgIpc) is 3.54. The van der Waals surface area contributed by atoms with Crippen LogP contribution in [0.3, 0.4) is 0 Å². The Bertz CT molecular complexity index is 2350. The molecule has 2 aliphatic heterocycles. The summed E-state index contributed by atoms with van der Waals surface area (Å²) in [7, 11) is 0. The fraction of sp³-hybridized carbons (Fsp3) is 0.333. The number of aryl methyl sites for hydroxylation is 3. The quantitative estimate of drug-likeness (QED) is 0.143. The molecule has 1 unspecified atom stereocenters. The second-order valence-corrected chi connectivity index (χ2v) is 16.5. The van der Waals surface area contributed by atoms with Crippen LogP contribution in [0.15, 0.2) is 103 Å². The van der Waals surface area contributed by atoms with Crippen LogP contribution < -0.4 is 10.2 Å². The van der Waals surface area contributed by atoms with E-state index >= 15 is 0 Å². The molecule has 58 heavy (non-hydrogen) atoms.